The molecule has 7 nitrogen and oxygen atoms in total. The minimum absolute atomic E-state index is 0.139. The number of benzene rings is 1. The Bertz CT molecular complexity index is 605. The van der Waals surface area contributed by atoms with Gasteiger partial charge in [0.25, 0.3) is 5.69 Å². The Morgan fingerprint density at radius 3 is 2.58 bits per heavy atom. The SMILES string of the molecule is CNCc1cn(-c2c(Cl)cc([N+](=O)[O-])cc2Cl)nn1. The van der Waals surface area contributed by atoms with Crippen molar-refractivity contribution >= 4 is 28.9 Å². The second-order valence-corrected chi connectivity index (χ2v) is 4.51. The normalized spacial score (nSPS) is 10.7. The first-order valence-electron chi connectivity index (χ1n) is 5.22. The lowest BCUT2D eigenvalue weighted by Crippen LogP contribution is -2.05. The molecule has 0 unspecified atom stereocenters. The van der Waals surface area contributed by atoms with Gasteiger partial charge in [0.05, 0.1) is 26.9 Å². The number of rotatable bonds is 4. The van der Waals surface area contributed by atoms with Crippen LogP contribution in [-0.2, 0) is 6.54 Å². The summed E-state index contributed by atoms with van der Waals surface area (Å²) in [5, 5.41) is 21.7. The Hall–Kier alpha value is -1.70. The van der Waals surface area contributed by atoms with E-state index in [0.717, 1.165) is 0 Å². The molecular weight excluding hydrogens is 293 g/mol. The maximum atomic E-state index is 10.7. The van der Waals surface area contributed by atoms with E-state index in [1.165, 1.54) is 16.8 Å². The van der Waals surface area contributed by atoms with Crippen LogP contribution >= 0.6 is 23.2 Å². The summed E-state index contributed by atoms with van der Waals surface area (Å²) in [4.78, 5) is 10.1. The number of nitrogens with one attached hydrogen (secondary N) is 1. The molecule has 1 heterocycles. The van der Waals surface area contributed by atoms with Crippen molar-refractivity contribution in [3.63, 3.8) is 0 Å². The van der Waals surface area contributed by atoms with E-state index in [1.54, 1.807) is 13.2 Å². The smallest absolute Gasteiger partial charge is 0.272 e. The molecule has 0 aliphatic heterocycles. The van der Waals surface area contributed by atoms with Gasteiger partial charge in [0.1, 0.15) is 5.69 Å². The quantitative estimate of drug-likeness (QED) is 0.691. The van der Waals surface area contributed by atoms with Crippen molar-refractivity contribution in [3.05, 3.63) is 44.2 Å². The number of non-ortho nitro benzene ring substituents is 1. The topological polar surface area (TPSA) is 85.9 Å². The molecule has 0 radical (unpaired) electrons. The number of hydrogen-bond donors (Lipinski definition) is 1. The summed E-state index contributed by atoms with van der Waals surface area (Å²) in [7, 11) is 1.78. The lowest BCUT2D eigenvalue weighted by molar-refractivity contribution is -0.384. The molecule has 0 atom stereocenters. The first-order chi connectivity index (χ1) is 9.02. The van der Waals surface area contributed by atoms with Gasteiger partial charge in [0, 0.05) is 18.7 Å². The summed E-state index contributed by atoms with van der Waals surface area (Å²) >= 11 is 12.0. The monoisotopic (exact) mass is 301 g/mol. The molecule has 0 saturated heterocycles. The number of nitrogens with zero attached hydrogens (tertiary/aromatic N) is 4. The van der Waals surface area contributed by atoms with Crippen LogP contribution in [0.4, 0.5) is 5.69 Å². The molecule has 0 aliphatic rings. The van der Waals surface area contributed by atoms with Crippen LogP contribution in [0.15, 0.2) is 18.3 Å². The highest BCUT2D eigenvalue weighted by Crippen LogP contribution is 2.32. The first kappa shape index (κ1) is 13.7. The summed E-state index contributed by atoms with van der Waals surface area (Å²) < 4.78 is 1.39. The lowest BCUT2D eigenvalue weighted by atomic mass is 10.3. The maximum Gasteiger partial charge on any atom is 0.272 e. The van der Waals surface area contributed by atoms with Gasteiger partial charge in [-0.3, -0.25) is 10.1 Å². The third kappa shape index (κ3) is 2.83. The molecule has 9 heteroatoms. The molecule has 0 spiro atoms. The van der Waals surface area contributed by atoms with Crippen LogP contribution in [0.5, 0.6) is 0 Å². The fourth-order valence-corrected chi connectivity index (χ4v) is 2.19. The van der Waals surface area contributed by atoms with E-state index in [0.29, 0.717) is 17.9 Å². The minimum Gasteiger partial charge on any atom is -0.314 e. The van der Waals surface area contributed by atoms with Gasteiger partial charge in [-0.25, -0.2) is 4.68 Å². The van der Waals surface area contributed by atoms with Gasteiger partial charge in [-0.15, -0.1) is 5.10 Å². The average molecular weight is 302 g/mol. The molecule has 2 rings (SSSR count). The Kier molecular flexibility index (Phi) is 3.98. The summed E-state index contributed by atoms with van der Waals surface area (Å²) in [6, 6.07) is 2.45. The highest BCUT2D eigenvalue weighted by atomic mass is 35.5. The van der Waals surface area contributed by atoms with Crippen LogP contribution in [0.2, 0.25) is 10.0 Å². The Morgan fingerprint density at radius 2 is 2.05 bits per heavy atom. The zero-order valence-electron chi connectivity index (χ0n) is 9.80. The van der Waals surface area contributed by atoms with Gasteiger partial charge >= 0.3 is 0 Å². The van der Waals surface area contributed by atoms with Gasteiger partial charge < -0.3 is 5.32 Å². The van der Waals surface area contributed by atoms with Crippen LogP contribution < -0.4 is 5.32 Å². The number of nitro benzene ring substituents is 1. The molecule has 0 amide bonds. The number of nitro groups is 1. The van der Waals surface area contributed by atoms with E-state index in [9.17, 15) is 10.1 Å². The van der Waals surface area contributed by atoms with E-state index in [2.05, 4.69) is 15.6 Å². The van der Waals surface area contributed by atoms with Crippen molar-refractivity contribution in [1.82, 2.24) is 20.3 Å². The molecule has 19 heavy (non-hydrogen) atoms. The zero-order valence-corrected chi connectivity index (χ0v) is 11.3. The van der Waals surface area contributed by atoms with Crippen molar-refractivity contribution in [1.29, 1.82) is 0 Å². The van der Waals surface area contributed by atoms with Crippen molar-refractivity contribution in [2.75, 3.05) is 7.05 Å². The Morgan fingerprint density at radius 1 is 1.42 bits per heavy atom. The van der Waals surface area contributed by atoms with Crippen molar-refractivity contribution in [2.45, 2.75) is 6.54 Å². The highest BCUT2D eigenvalue weighted by molar-refractivity contribution is 6.38. The minimum atomic E-state index is -0.560. The average Bonchev–Trinajstić information content (AvgIpc) is 2.77. The fraction of sp³-hybridized carbons (Fsp3) is 0.200. The molecule has 1 aromatic carbocycles. The van der Waals surface area contributed by atoms with Crippen LogP contribution in [0.25, 0.3) is 5.69 Å². The van der Waals surface area contributed by atoms with E-state index < -0.39 is 4.92 Å². The molecule has 1 N–H and O–H groups in total. The summed E-state index contributed by atoms with van der Waals surface area (Å²) in [5.74, 6) is 0. The lowest BCUT2D eigenvalue weighted by Gasteiger charge is -2.05. The van der Waals surface area contributed by atoms with Gasteiger partial charge in [-0.05, 0) is 7.05 Å². The van der Waals surface area contributed by atoms with Gasteiger partial charge in [0.15, 0.2) is 0 Å². The van der Waals surface area contributed by atoms with Gasteiger partial charge in [-0.1, -0.05) is 28.4 Å². The van der Waals surface area contributed by atoms with Crippen LogP contribution in [0.1, 0.15) is 5.69 Å². The second-order valence-electron chi connectivity index (χ2n) is 3.70. The van der Waals surface area contributed by atoms with Crippen molar-refractivity contribution in [2.24, 2.45) is 0 Å². The predicted octanol–water partition coefficient (Wildman–Crippen LogP) is 2.20. The number of aromatic nitrogens is 3. The molecule has 1 aromatic heterocycles. The van der Waals surface area contributed by atoms with Gasteiger partial charge in [0.2, 0.25) is 0 Å². The first-order valence-corrected chi connectivity index (χ1v) is 5.98. The van der Waals surface area contributed by atoms with Gasteiger partial charge in [-0.2, -0.15) is 0 Å². The molecule has 0 saturated carbocycles. The van der Waals surface area contributed by atoms with Crippen molar-refractivity contribution < 1.29 is 4.92 Å². The maximum absolute atomic E-state index is 10.7. The summed E-state index contributed by atoms with van der Waals surface area (Å²) in [6.45, 7) is 0.544. The van der Waals surface area contributed by atoms with E-state index in [-0.39, 0.29) is 15.7 Å². The van der Waals surface area contributed by atoms with Crippen LogP contribution in [0, 0.1) is 10.1 Å². The third-order valence-corrected chi connectivity index (χ3v) is 2.92. The fourth-order valence-electron chi connectivity index (χ4n) is 1.55. The van der Waals surface area contributed by atoms with E-state index >= 15 is 0 Å². The molecule has 0 aliphatic carbocycles. The molecule has 100 valence electrons. The van der Waals surface area contributed by atoms with Crippen LogP contribution in [0.3, 0.4) is 0 Å². The second kappa shape index (κ2) is 5.52. The van der Waals surface area contributed by atoms with Crippen molar-refractivity contribution in [3.8, 4) is 5.69 Å². The molecule has 0 bridgehead atoms. The highest BCUT2D eigenvalue weighted by Gasteiger charge is 2.17. The molecule has 2 aromatic rings. The molecule has 0 fully saturated rings. The third-order valence-electron chi connectivity index (χ3n) is 2.34. The number of hydrogen-bond acceptors (Lipinski definition) is 5. The standard InChI is InChI=1S/C10H9Cl2N5O2/c1-13-4-6-5-16(15-14-6)10-8(11)2-7(17(18)19)3-9(10)12/h2-3,5,13H,4H2,1H3. The van der Waals surface area contributed by atoms with Crippen LogP contribution in [-0.4, -0.2) is 27.0 Å². The largest absolute Gasteiger partial charge is 0.314 e. The van der Waals surface area contributed by atoms with E-state index in [1.807, 2.05) is 0 Å². The summed E-state index contributed by atoms with van der Waals surface area (Å²) in [5.41, 5.74) is 0.895. The van der Waals surface area contributed by atoms with E-state index in [4.69, 9.17) is 23.2 Å². The molecular formula is C10H9Cl2N5O2. The Labute approximate surface area is 118 Å². The summed E-state index contributed by atoms with van der Waals surface area (Å²) in [6.07, 6.45) is 1.65. The Balaban J connectivity index is 2.46. The number of halogens is 2. The predicted molar refractivity (Wildman–Crippen MR) is 70.8 cm³/mol. The zero-order chi connectivity index (χ0) is 14.0.